The largest absolute Gasteiger partial charge is 0.384 e. The van der Waals surface area contributed by atoms with Gasteiger partial charge in [-0.25, -0.2) is 0 Å². The summed E-state index contributed by atoms with van der Waals surface area (Å²) in [6.07, 6.45) is 1.83. The van der Waals surface area contributed by atoms with Crippen LogP contribution in [0, 0.1) is 5.92 Å². The Labute approximate surface area is 137 Å². The first kappa shape index (κ1) is 15.8. The third-order valence-corrected chi connectivity index (χ3v) is 4.50. The Bertz CT molecular complexity index is 643. The molecule has 0 fully saturated rings. The first-order chi connectivity index (χ1) is 11.2. The van der Waals surface area contributed by atoms with E-state index in [0.29, 0.717) is 6.61 Å². The summed E-state index contributed by atoms with van der Waals surface area (Å²) in [7, 11) is 1.64. The van der Waals surface area contributed by atoms with E-state index in [4.69, 9.17) is 4.74 Å². The molecule has 3 nitrogen and oxygen atoms in total. The van der Waals surface area contributed by atoms with E-state index in [2.05, 4.69) is 24.3 Å². The van der Waals surface area contributed by atoms with Gasteiger partial charge < -0.3 is 9.64 Å². The van der Waals surface area contributed by atoms with Gasteiger partial charge in [0.2, 0.25) is 5.91 Å². The number of ether oxygens (including phenoxy) is 1. The number of amides is 1. The van der Waals surface area contributed by atoms with E-state index in [-0.39, 0.29) is 17.9 Å². The van der Waals surface area contributed by atoms with Gasteiger partial charge in [-0.1, -0.05) is 49.4 Å². The van der Waals surface area contributed by atoms with Gasteiger partial charge in [0.05, 0.1) is 12.5 Å². The second kappa shape index (κ2) is 6.97. The number of rotatable bonds is 5. The summed E-state index contributed by atoms with van der Waals surface area (Å²) >= 11 is 0. The quantitative estimate of drug-likeness (QED) is 0.846. The number of fused-ring (bicyclic) bond motifs is 1. The van der Waals surface area contributed by atoms with Gasteiger partial charge in [0.25, 0.3) is 0 Å². The molecule has 0 N–H and O–H groups in total. The van der Waals surface area contributed by atoms with Crippen molar-refractivity contribution < 1.29 is 9.53 Å². The summed E-state index contributed by atoms with van der Waals surface area (Å²) in [5.74, 6) is -0.0141. The number of benzene rings is 2. The summed E-state index contributed by atoms with van der Waals surface area (Å²) in [4.78, 5) is 15.0. The Hall–Kier alpha value is -2.13. The molecule has 0 bridgehead atoms. The molecule has 1 amide bonds. The van der Waals surface area contributed by atoms with Crippen LogP contribution in [0.5, 0.6) is 0 Å². The number of anilines is 1. The number of carbonyl (C=O) groups excluding carboxylic acids is 1. The van der Waals surface area contributed by atoms with Crippen molar-refractivity contribution in [3.05, 3.63) is 65.7 Å². The smallest absolute Gasteiger partial charge is 0.232 e. The van der Waals surface area contributed by atoms with Crippen LogP contribution in [0.2, 0.25) is 0 Å². The molecule has 3 rings (SSSR count). The van der Waals surface area contributed by atoms with Crippen LogP contribution in [0.4, 0.5) is 5.69 Å². The van der Waals surface area contributed by atoms with Gasteiger partial charge in [0.1, 0.15) is 0 Å². The summed E-state index contributed by atoms with van der Waals surface area (Å²) in [6.45, 7) is 2.38. The molecule has 2 aromatic carbocycles. The molecular formula is C20H23NO2. The molecule has 0 saturated heterocycles. The van der Waals surface area contributed by atoms with Crippen molar-refractivity contribution in [1.82, 2.24) is 0 Å². The van der Waals surface area contributed by atoms with Crippen molar-refractivity contribution in [1.29, 1.82) is 0 Å². The van der Waals surface area contributed by atoms with Gasteiger partial charge in [-0.05, 0) is 36.1 Å². The molecule has 0 spiro atoms. The standard InChI is InChI=1S/C20H23NO2/c1-15(14-23-2)20(22)21(18-10-4-3-5-11-18)19-12-16-8-6-7-9-17(16)13-19/h3-11,15,19H,12-14H2,1-2H3/t15-/m1/s1. The highest BCUT2D eigenvalue weighted by atomic mass is 16.5. The number of hydrogen-bond donors (Lipinski definition) is 0. The highest BCUT2D eigenvalue weighted by Gasteiger charge is 2.32. The van der Waals surface area contributed by atoms with Crippen LogP contribution in [0.3, 0.4) is 0 Å². The van der Waals surface area contributed by atoms with Crippen LogP contribution in [0.15, 0.2) is 54.6 Å². The zero-order chi connectivity index (χ0) is 16.2. The number of carbonyl (C=O) groups is 1. The highest BCUT2D eigenvalue weighted by Crippen LogP contribution is 2.30. The molecule has 23 heavy (non-hydrogen) atoms. The van der Waals surface area contributed by atoms with Gasteiger partial charge in [0, 0.05) is 18.8 Å². The van der Waals surface area contributed by atoms with E-state index >= 15 is 0 Å². The normalized spacial score (nSPS) is 15.2. The fraction of sp³-hybridized carbons (Fsp3) is 0.350. The Kier molecular flexibility index (Phi) is 4.77. The lowest BCUT2D eigenvalue weighted by Gasteiger charge is -2.31. The van der Waals surface area contributed by atoms with Crippen LogP contribution in [-0.2, 0) is 22.4 Å². The van der Waals surface area contributed by atoms with Crippen molar-refractivity contribution in [3.63, 3.8) is 0 Å². The molecule has 3 heteroatoms. The Morgan fingerprint density at radius 3 is 2.22 bits per heavy atom. The van der Waals surface area contributed by atoms with Gasteiger partial charge >= 0.3 is 0 Å². The summed E-state index contributed by atoms with van der Waals surface area (Å²) < 4.78 is 5.19. The Balaban J connectivity index is 1.89. The SMILES string of the molecule is COC[C@@H](C)C(=O)N(c1ccccc1)C1Cc2ccccc2C1. The van der Waals surface area contributed by atoms with Gasteiger partial charge in [-0.3, -0.25) is 4.79 Å². The fourth-order valence-electron chi connectivity index (χ4n) is 3.38. The number of hydrogen-bond acceptors (Lipinski definition) is 2. The molecular weight excluding hydrogens is 286 g/mol. The van der Waals surface area contributed by atoms with Crippen LogP contribution >= 0.6 is 0 Å². The summed E-state index contributed by atoms with van der Waals surface area (Å²) in [6, 6.07) is 18.6. The van der Waals surface area contributed by atoms with E-state index in [1.54, 1.807) is 7.11 Å². The third kappa shape index (κ3) is 3.30. The molecule has 0 unspecified atom stereocenters. The number of para-hydroxylation sites is 1. The second-order valence-corrected chi connectivity index (χ2v) is 6.23. The first-order valence-corrected chi connectivity index (χ1v) is 8.14. The van der Waals surface area contributed by atoms with Gasteiger partial charge in [-0.2, -0.15) is 0 Å². The molecule has 1 aliphatic rings. The van der Waals surface area contributed by atoms with E-state index in [9.17, 15) is 4.79 Å². The van der Waals surface area contributed by atoms with E-state index in [0.717, 1.165) is 18.5 Å². The lowest BCUT2D eigenvalue weighted by atomic mass is 10.1. The maximum absolute atomic E-state index is 13.0. The average Bonchev–Trinajstić information content (AvgIpc) is 2.99. The lowest BCUT2D eigenvalue weighted by molar-refractivity contribution is -0.123. The Morgan fingerprint density at radius 1 is 1.09 bits per heavy atom. The van der Waals surface area contributed by atoms with Crippen LogP contribution in [0.25, 0.3) is 0 Å². The van der Waals surface area contributed by atoms with Crippen molar-refractivity contribution in [2.45, 2.75) is 25.8 Å². The lowest BCUT2D eigenvalue weighted by Crippen LogP contribution is -2.44. The minimum absolute atomic E-state index is 0.135. The van der Waals surface area contributed by atoms with Gasteiger partial charge in [-0.15, -0.1) is 0 Å². The predicted molar refractivity (Wildman–Crippen MR) is 92.6 cm³/mol. The Morgan fingerprint density at radius 2 is 1.65 bits per heavy atom. The minimum atomic E-state index is -0.149. The predicted octanol–water partition coefficient (Wildman–Crippen LogP) is 3.47. The van der Waals surface area contributed by atoms with Crippen molar-refractivity contribution in [3.8, 4) is 0 Å². The van der Waals surface area contributed by atoms with Crippen LogP contribution in [-0.4, -0.2) is 25.7 Å². The van der Waals surface area contributed by atoms with Gasteiger partial charge in [0.15, 0.2) is 0 Å². The molecule has 0 aliphatic heterocycles. The summed E-state index contributed by atoms with van der Waals surface area (Å²) in [5, 5.41) is 0. The maximum atomic E-state index is 13.0. The molecule has 1 aliphatic carbocycles. The van der Waals surface area contributed by atoms with Crippen LogP contribution < -0.4 is 4.90 Å². The molecule has 2 aromatic rings. The van der Waals surface area contributed by atoms with Crippen molar-refractivity contribution >= 4 is 11.6 Å². The number of nitrogens with zero attached hydrogens (tertiary/aromatic N) is 1. The zero-order valence-corrected chi connectivity index (χ0v) is 13.7. The number of methoxy groups -OCH3 is 1. The molecule has 0 saturated carbocycles. The minimum Gasteiger partial charge on any atom is -0.384 e. The molecule has 120 valence electrons. The molecule has 0 aromatic heterocycles. The van der Waals surface area contributed by atoms with E-state index < -0.39 is 0 Å². The molecule has 0 heterocycles. The van der Waals surface area contributed by atoms with E-state index in [1.165, 1.54) is 11.1 Å². The third-order valence-electron chi connectivity index (χ3n) is 4.50. The monoisotopic (exact) mass is 309 g/mol. The van der Waals surface area contributed by atoms with E-state index in [1.807, 2.05) is 42.2 Å². The summed E-state index contributed by atoms with van der Waals surface area (Å²) in [5.41, 5.74) is 3.68. The average molecular weight is 309 g/mol. The highest BCUT2D eigenvalue weighted by molar-refractivity contribution is 5.95. The van der Waals surface area contributed by atoms with Crippen molar-refractivity contribution in [2.75, 3.05) is 18.6 Å². The second-order valence-electron chi connectivity index (χ2n) is 6.23. The topological polar surface area (TPSA) is 29.5 Å². The molecule has 0 radical (unpaired) electrons. The van der Waals surface area contributed by atoms with Crippen molar-refractivity contribution in [2.24, 2.45) is 5.92 Å². The first-order valence-electron chi connectivity index (χ1n) is 8.14. The van der Waals surface area contributed by atoms with Crippen LogP contribution in [0.1, 0.15) is 18.1 Å². The maximum Gasteiger partial charge on any atom is 0.232 e. The zero-order valence-electron chi connectivity index (χ0n) is 13.7. The fourth-order valence-corrected chi connectivity index (χ4v) is 3.38. The molecule has 1 atom stereocenters.